The molecule has 0 unspecified atom stereocenters. The Labute approximate surface area is 166 Å². The van der Waals surface area contributed by atoms with Gasteiger partial charge in [-0.2, -0.15) is 0 Å². The number of sulfone groups is 1. The van der Waals surface area contributed by atoms with Crippen LogP contribution in [-0.4, -0.2) is 57.0 Å². The van der Waals surface area contributed by atoms with Crippen molar-refractivity contribution in [3.63, 3.8) is 0 Å². The fourth-order valence-corrected chi connectivity index (χ4v) is 3.96. The fraction of sp³-hybridized carbons (Fsp3) is 0.941. The second kappa shape index (κ2) is 10.2. The van der Waals surface area contributed by atoms with E-state index in [4.69, 9.17) is 0 Å². The summed E-state index contributed by atoms with van der Waals surface area (Å²) in [6.07, 6.45) is 5.19. The molecule has 1 aliphatic carbocycles. The van der Waals surface area contributed by atoms with Crippen LogP contribution in [0, 0.1) is 11.8 Å². The molecule has 1 rings (SSSR count). The SMILES string of the molecule is CN=C(NCCS(=O)(=O)C(C)(C)C)N(C)CC1CCC(C)CC1.I. The van der Waals surface area contributed by atoms with E-state index in [-0.39, 0.29) is 29.7 Å². The van der Waals surface area contributed by atoms with Crippen LogP contribution in [0.15, 0.2) is 4.99 Å². The van der Waals surface area contributed by atoms with Crippen LogP contribution >= 0.6 is 24.0 Å². The summed E-state index contributed by atoms with van der Waals surface area (Å²) in [5.41, 5.74) is 0. The third kappa shape index (κ3) is 7.45. The van der Waals surface area contributed by atoms with E-state index < -0.39 is 14.6 Å². The van der Waals surface area contributed by atoms with Crippen LogP contribution in [0.4, 0.5) is 0 Å². The van der Waals surface area contributed by atoms with Gasteiger partial charge in [0.15, 0.2) is 15.8 Å². The predicted octanol–water partition coefficient (Wildman–Crippen LogP) is 3.15. The lowest BCUT2D eigenvalue weighted by Gasteiger charge is -2.31. The second-order valence-corrected chi connectivity index (χ2v) is 10.8. The minimum Gasteiger partial charge on any atom is -0.355 e. The van der Waals surface area contributed by atoms with Crippen molar-refractivity contribution >= 4 is 39.8 Å². The molecule has 0 aliphatic heterocycles. The predicted molar refractivity (Wildman–Crippen MR) is 114 cm³/mol. The summed E-state index contributed by atoms with van der Waals surface area (Å²) in [6.45, 7) is 8.95. The minimum absolute atomic E-state index is 0. The highest BCUT2D eigenvalue weighted by atomic mass is 127. The van der Waals surface area contributed by atoms with E-state index >= 15 is 0 Å². The molecule has 144 valence electrons. The van der Waals surface area contributed by atoms with Gasteiger partial charge in [0.2, 0.25) is 0 Å². The highest BCUT2D eigenvalue weighted by molar-refractivity contribution is 14.0. The molecule has 0 saturated heterocycles. The van der Waals surface area contributed by atoms with Gasteiger partial charge in [-0.1, -0.05) is 19.8 Å². The average molecular weight is 473 g/mol. The number of aliphatic imine (C=N–C) groups is 1. The topological polar surface area (TPSA) is 61.8 Å². The van der Waals surface area contributed by atoms with Gasteiger partial charge < -0.3 is 10.2 Å². The smallest absolute Gasteiger partial charge is 0.193 e. The van der Waals surface area contributed by atoms with E-state index in [1.807, 2.05) is 7.05 Å². The van der Waals surface area contributed by atoms with Gasteiger partial charge in [-0.05, 0) is 45.4 Å². The minimum atomic E-state index is -3.10. The van der Waals surface area contributed by atoms with Crippen molar-refractivity contribution < 1.29 is 8.42 Å². The number of hydrogen-bond acceptors (Lipinski definition) is 3. The summed E-state index contributed by atoms with van der Waals surface area (Å²) in [5, 5.41) is 3.19. The number of halogens is 1. The molecule has 0 amide bonds. The lowest BCUT2D eigenvalue weighted by Crippen LogP contribution is -2.44. The Kier molecular flexibility index (Phi) is 10.2. The second-order valence-electron chi connectivity index (χ2n) is 7.91. The highest BCUT2D eigenvalue weighted by Crippen LogP contribution is 2.28. The van der Waals surface area contributed by atoms with Crippen molar-refractivity contribution in [2.75, 3.05) is 32.9 Å². The van der Waals surface area contributed by atoms with Crippen LogP contribution in [0.5, 0.6) is 0 Å². The van der Waals surface area contributed by atoms with Crippen LogP contribution < -0.4 is 5.32 Å². The van der Waals surface area contributed by atoms with Gasteiger partial charge in [0.1, 0.15) is 0 Å². The largest absolute Gasteiger partial charge is 0.355 e. The summed E-state index contributed by atoms with van der Waals surface area (Å²) in [4.78, 5) is 6.42. The van der Waals surface area contributed by atoms with Crippen molar-refractivity contribution in [3.05, 3.63) is 0 Å². The third-order valence-corrected chi connectivity index (χ3v) is 7.44. The van der Waals surface area contributed by atoms with Crippen LogP contribution in [0.25, 0.3) is 0 Å². The molecule has 0 bridgehead atoms. The lowest BCUT2D eigenvalue weighted by molar-refractivity contribution is 0.250. The molecule has 0 heterocycles. The van der Waals surface area contributed by atoms with E-state index in [1.54, 1.807) is 27.8 Å². The van der Waals surface area contributed by atoms with Crippen LogP contribution in [-0.2, 0) is 9.84 Å². The lowest BCUT2D eigenvalue weighted by atomic mass is 9.83. The molecule has 0 aromatic rings. The first-order chi connectivity index (χ1) is 10.6. The first-order valence-corrected chi connectivity index (χ1v) is 10.4. The Morgan fingerprint density at radius 2 is 1.75 bits per heavy atom. The molecule has 0 aromatic heterocycles. The number of nitrogens with one attached hydrogen (secondary N) is 1. The van der Waals surface area contributed by atoms with Gasteiger partial charge in [-0.3, -0.25) is 4.99 Å². The average Bonchev–Trinajstić information content (AvgIpc) is 2.44. The molecule has 24 heavy (non-hydrogen) atoms. The maximum atomic E-state index is 12.1. The van der Waals surface area contributed by atoms with Crippen molar-refractivity contribution in [3.8, 4) is 0 Å². The van der Waals surface area contributed by atoms with E-state index in [0.717, 1.165) is 18.4 Å². The van der Waals surface area contributed by atoms with Crippen molar-refractivity contribution in [2.45, 2.75) is 58.1 Å². The standard InChI is InChI=1S/C17H35N3O2S.HI/c1-14-7-9-15(10-8-14)13-20(6)16(18-5)19-11-12-23(21,22)17(2,3)4;/h14-15H,7-13H2,1-6H3,(H,18,19);1H. The number of nitrogens with zero attached hydrogens (tertiary/aromatic N) is 2. The van der Waals surface area contributed by atoms with Gasteiger partial charge in [0.25, 0.3) is 0 Å². The molecule has 1 N–H and O–H groups in total. The molecule has 0 aromatic carbocycles. The van der Waals surface area contributed by atoms with Crippen molar-refractivity contribution in [2.24, 2.45) is 16.8 Å². The fourth-order valence-electron chi connectivity index (χ4n) is 2.97. The van der Waals surface area contributed by atoms with Crippen LogP contribution in [0.1, 0.15) is 53.4 Å². The highest BCUT2D eigenvalue weighted by Gasteiger charge is 2.28. The number of guanidine groups is 1. The van der Waals surface area contributed by atoms with Gasteiger partial charge >= 0.3 is 0 Å². The van der Waals surface area contributed by atoms with E-state index in [2.05, 4.69) is 22.1 Å². The molecular formula is C17H36IN3O2S. The van der Waals surface area contributed by atoms with Gasteiger partial charge in [-0.25, -0.2) is 8.42 Å². The molecule has 1 fully saturated rings. The molecule has 5 nitrogen and oxygen atoms in total. The molecule has 1 saturated carbocycles. The molecule has 0 radical (unpaired) electrons. The quantitative estimate of drug-likeness (QED) is 0.379. The van der Waals surface area contributed by atoms with E-state index in [1.165, 1.54) is 25.7 Å². The Hall–Kier alpha value is -0.0500. The zero-order valence-corrected chi connectivity index (χ0v) is 19.3. The third-order valence-electron chi connectivity index (χ3n) is 4.83. The van der Waals surface area contributed by atoms with Crippen molar-refractivity contribution in [1.29, 1.82) is 0 Å². The summed E-state index contributed by atoms with van der Waals surface area (Å²) in [5.74, 6) is 2.49. The summed E-state index contributed by atoms with van der Waals surface area (Å²) in [6, 6.07) is 0. The maximum Gasteiger partial charge on any atom is 0.193 e. The normalized spacial score (nSPS) is 22.7. The van der Waals surface area contributed by atoms with E-state index in [9.17, 15) is 8.42 Å². The number of rotatable bonds is 5. The molecule has 7 heteroatoms. The van der Waals surface area contributed by atoms with Crippen molar-refractivity contribution in [1.82, 2.24) is 10.2 Å². The Balaban J connectivity index is 0.00000529. The molecule has 1 aliphatic rings. The zero-order valence-electron chi connectivity index (χ0n) is 16.1. The van der Waals surface area contributed by atoms with E-state index in [0.29, 0.717) is 12.5 Å². The monoisotopic (exact) mass is 473 g/mol. The zero-order chi connectivity index (χ0) is 17.7. The first-order valence-electron chi connectivity index (χ1n) is 8.71. The van der Waals surface area contributed by atoms with Gasteiger partial charge in [0, 0.05) is 27.2 Å². The molecule has 0 atom stereocenters. The Morgan fingerprint density at radius 3 is 2.21 bits per heavy atom. The first kappa shape index (κ1) is 23.9. The summed E-state index contributed by atoms with van der Waals surface area (Å²) >= 11 is 0. The Morgan fingerprint density at radius 1 is 1.21 bits per heavy atom. The molecular weight excluding hydrogens is 437 g/mol. The van der Waals surface area contributed by atoms with Crippen LogP contribution in [0.2, 0.25) is 0 Å². The van der Waals surface area contributed by atoms with Gasteiger partial charge in [0.05, 0.1) is 10.5 Å². The summed E-state index contributed by atoms with van der Waals surface area (Å²) in [7, 11) is 0.687. The van der Waals surface area contributed by atoms with Gasteiger partial charge in [-0.15, -0.1) is 24.0 Å². The summed E-state index contributed by atoms with van der Waals surface area (Å²) < 4.78 is 23.6. The maximum absolute atomic E-state index is 12.1. The van der Waals surface area contributed by atoms with Crippen LogP contribution in [0.3, 0.4) is 0 Å². The molecule has 0 spiro atoms. The number of hydrogen-bond donors (Lipinski definition) is 1. The Bertz CT molecular complexity index is 492.